The summed E-state index contributed by atoms with van der Waals surface area (Å²) in [6, 6.07) is 9.89. The Morgan fingerprint density at radius 2 is 2.05 bits per heavy atom. The van der Waals surface area contributed by atoms with Gasteiger partial charge in [-0.3, -0.25) is 10.3 Å². The maximum absolute atomic E-state index is 5.30. The molecule has 20 heavy (non-hydrogen) atoms. The molecule has 0 saturated carbocycles. The Bertz CT molecular complexity index is 432. The lowest BCUT2D eigenvalue weighted by atomic mass is 10.2. The molecule has 2 rings (SSSR count). The molecule has 1 heterocycles. The van der Waals surface area contributed by atoms with Gasteiger partial charge in [-0.25, -0.2) is 0 Å². The summed E-state index contributed by atoms with van der Waals surface area (Å²) in [7, 11) is 0. The standard InChI is InChI=1S/C14H20N4OS/c20-14(15-6-7-18-8-10-19-11-9-18)17-16-12-13-4-2-1-3-5-13/h1-5,12H,6-11H2,(H2,15,17,20)/b16-12-. The Labute approximate surface area is 125 Å². The minimum atomic E-state index is 0.547. The van der Waals surface area contributed by atoms with E-state index in [9.17, 15) is 0 Å². The highest BCUT2D eigenvalue weighted by molar-refractivity contribution is 7.80. The fourth-order valence-electron chi connectivity index (χ4n) is 1.90. The van der Waals surface area contributed by atoms with Gasteiger partial charge in [0, 0.05) is 26.2 Å². The molecule has 1 aromatic rings. The van der Waals surface area contributed by atoms with Crippen molar-refractivity contribution >= 4 is 23.5 Å². The number of hydrazone groups is 1. The summed E-state index contributed by atoms with van der Waals surface area (Å²) in [5.41, 5.74) is 3.85. The third-order valence-electron chi connectivity index (χ3n) is 3.00. The van der Waals surface area contributed by atoms with Crippen molar-refractivity contribution in [2.45, 2.75) is 0 Å². The first-order valence-corrected chi connectivity index (χ1v) is 7.17. The van der Waals surface area contributed by atoms with Crippen LogP contribution in [0.1, 0.15) is 5.56 Å². The van der Waals surface area contributed by atoms with E-state index in [1.807, 2.05) is 30.3 Å². The average Bonchev–Trinajstić information content (AvgIpc) is 2.49. The molecule has 1 saturated heterocycles. The average molecular weight is 292 g/mol. The van der Waals surface area contributed by atoms with Gasteiger partial charge in [-0.15, -0.1) is 0 Å². The monoisotopic (exact) mass is 292 g/mol. The summed E-state index contributed by atoms with van der Waals surface area (Å²) < 4.78 is 5.30. The summed E-state index contributed by atoms with van der Waals surface area (Å²) in [5.74, 6) is 0. The van der Waals surface area contributed by atoms with Crippen molar-refractivity contribution in [3.8, 4) is 0 Å². The number of benzene rings is 1. The van der Waals surface area contributed by atoms with Crippen LogP contribution in [-0.4, -0.2) is 55.6 Å². The second-order valence-corrected chi connectivity index (χ2v) is 4.90. The third-order valence-corrected chi connectivity index (χ3v) is 3.23. The maximum atomic E-state index is 5.30. The lowest BCUT2D eigenvalue weighted by molar-refractivity contribution is 0.0389. The largest absolute Gasteiger partial charge is 0.379 e. The van der Waals surface area contributed by atoms with E-state index in [4.69, 9.17) is 17.0 Å². The van der Waals surface area contributed by atoms with Crippen LogP contribution in [0, 0.1) is 0 Å². The maximum Gasteiger partial charge on any atom is 0.187 e. The Kier molecular flexibility index (Phi) is 6.43. The summed E-state index contributed by atoms with van der Waals surface area (Å²) in [4.78, 5) is 2.35. The molecule has 5 nitrogen and oxygen atoms in total. The van der Waals surface area contributed by atoms with Crippen molar-refractivity contribution in [3.05, 3.63) is 35.9 Å². The zero-order valence-electron chi connectivity index (χ0n) is 11.4. The minimum Gasteiger partial charge on any atom is -0.379 e. The molecule has 0 aromatic heterocycles. The van der Waals surface area contributed by atoms with Crippen molar-refractivity contribution < 1.29 is 4.74 Å². The van der Waals surface area contributed by atoms with Gasteiger partial charge >= 0.3 is 0 Å². The highest BCUT2D eigenvalue weighted by Crippen LogP contribution is 1.95. The second kappa shape index (κ2) is 8.63. The molecule has 1 aromatic carbocycles. The summed E-state index contributed by atoms with van der Waals surface area (Å²) in [6.45, 7) is 5.41. The zero-order valence-corrected chi connectivity index (χ0v) is 12.2. The Balaban J connectivity index is 1.59. The van der Waals surface area contributed by atoms with E-state index in [1.165, 1.54) is 0 Å². The number of thiocarbonyl (C=S) groups is 1. The molecule has 0 aliphatic carbocycles. The van der Waals surface area contributed by atoms with Gasteiger partial charge in [-0.05, 0) is 17.8 Å². The van der Waals surface area contributed by atoms with Gasteiger partial charge in [-0.1, -0.05) is 30.3 Å². The molecule has 0 radical (unpaired) electrons. The van der Waals surface area contributed by atoms with Gasteiger partial charge in [0.2, 0.25) is 0 Å². The molecule has 0 bridgehead atoms. The van der Waals surface area contributed by atoms with Crippen LogP contribution in [-0.2, 0) is 4.74 Å². The smallest absolute Gasteiger partial charge is 0.187 e. The van der Waals surface area contributed by atoms with E-state index in [1.54, 1.807) is 6.21 Å². The van der Waals surface area contributed by atoms with E-state index >= 15 is 0 Å². The van der Waals surface area contributed by atoms with Crippen LogP contribution in [0.4, 0.5) is 0 Å². The van der Waals surface area contributed by atoms with E-state index in [2.05, 4.69) is 20.7 Å². The van der Waals surface area contributed by atoms with E-state index in [-0.39, 0.29) is 0 Å². The Morgan fingerprint density at radius 3 is 2.80 bits per heavy atom. The molecule has 0 atom stereocenters. The topological polar surface area (TPSA) is 48.9 Å². The van der Waals surface area contributed by atoms with Crippen molar-refractivity contribution in [3.63, 3.8) is 0 Å². The quantitative estimate of drug-likeness (QED) is 0.478. The first kappa shape index (κ1) is 14.9. The molecular formula is C14H20N4OS. The van der Waals surface area contributed by atoms with Crippen LogP contribution in [0.15, 0.2) is 35.4 Å². The molecule has 6 heteroatoms. The second-order valence-electron chi connectivity index (χ2n) is 4.49. The normalized spacial score (nSPS) is 16.2. The van der Waals surface area contributed by atoms with Crippen LogP contribution in [0.3, 0.4) is 0 Å². The number of hydrogen-bond acceptors (Lipinski definition) is 4. The zero-order chi connectivity index (χ0) is 14.0. The summed E-state index contributed by atoms with van der Waals surface area (Å²) >= 11 is 5.16. The van der Waals surface area contributed by atoms with Crippen LogP contribution in [0.2, 0.25) is 0 Å². The number of nitrogens with one attached hydrogen (secondary N) is 2. The van der Waals surface area contributed by atoms with Crippen LogP contribution < -0.4 is 10.7 Å². The molecule has 0 amide bonds. The summed E-state index contributed by atoms with van der Waals surface area (Å²) in [6.07, 6.45) is 1.75. The van der Waals surface area contributed by atoms with Gasteiger partial charge in [0.1, 0.15) is 0 Å². The number of hydrogen-bond donors (Lipinski definition) is 2. The molecule has 0 spiro atoms. The van der Waals surface area contributed by atoms with E-state index in [0.717, 1.165) is 45.0 Å². The fraction of sp³-hybridized carbons (Fsp3) is 0.429. The molecule has 1 aliphatic rings. The van der Waals surface area contributed by atoms with Crippen LogP contribution >= 0.6 is 12.2 Å². The lowest BCUT2D eigenvalue weighted by Gasteiger charge is -2.26. The van der Waals surface area contributed by atoms with Crippen molar-refractivity contribution in [2.24, 2.45) is 5.10 Å². The van der Waals surface area contributed by atoms with Gasteiger partial charge in [-0.2, -0.15) is 5.10 Å². The Hall–Kier alpha value is -1.50. The lowest BCUT2D eigenvalue weighted by Crippen LogP contribution is -2.42. The fourth-order valence-corrected chi connectivity index (χ4v) is 2.05. The van der Waals surface area contributed by atoms with Crippen LogP contribution in [0.5, 0.6) is 0 Å². The van der Waals surface area contributed by atoms with Gasteiger partial charge in [0.25, 0.3) is 0 Å². The third kappa shape index (κ3) is 5.64. The highest BCUT2D eigenvalue weighted by Gasteiger charge is 2.09. The first-order chi connectivity index (χ1) is 9.84. The highest BCUT2D eigenvalue weighted by atomic mass is 32.1. The molecule has 0 unspecified atom stereocenters. The number of rotatable bonds is 5. The van der Waals surface area contributed by atoms with Crippen molar-refractivity contribution in [1.29, 1.82) is 0 Å². The van der Waals surface area contributed by atoms with Gasteiger partial charge < -0.3 is 10.1 Å². The molecule has 108 valence electrons. The Morgan fingerprint density at radius 1 is 1.30 bits per heavy atom. The van der Waals surface area contributed by atoms with Crippen LogP contribution in [0.25, 0.3) is 0 Å². The van der Waals surface area contributed by atoms with Gasteiger partial charge in [0.15, 0.2) is 5.11 Å². The van der Waals surface area contributed by atoms with E-state index in [0.29, 0.717) is 5.11 Å². The summed E-state index contributed by atoms with van der Waals surface area (Å²) in [5, 5.41) is 7.78. The van der Waals surface area contributed by atoms with E-state index < -0.39 is 0 Å². The molecule has 1 aliphatic heterocycles. The minimum absolute atomic E-state index is 0.547. The number of ether oxygens (including phenoxy) is 1. The number of morpholine rings is 1. The number of nitrogens with zero attached hydrogens (tertiary/aromatic N) is 2. The SMILES string of the molecule is S=C(NCCN1CCOCC1)N/N=C\c1ccccc1. The predicted molar refractivity (Wildman–Crippen MR) is 85.0 cm³/mol. The molecular weight excluding hydrogens is 272 g/mol. The molecule has 1 fully saturated rings. The molecule has 2 N–H and O–H groups in total. The van der Waals surface area contributed by atoms with Gasteiger partial charge in [0.05, 0.1) is 19.4 Å². The predicted octanol–water partition coefficient (Wildman–Crippen LogP) is 0.817. The van der Waals surface area contributed by atoms with Crippen molar-refractivity contribution in [1.82, 2.24) is 15.6 Å². The van der Waals surface area contributed by atoms with Crippen molar-refractivity contribution in [2.75, 3.05) is 39.4 Å². The first-order valence-electron chi connectivity index (χ1n) is 6.76.